The van der Waals surface area contributed by atoms with Crippen molar-refractivity contribution in [2.45, 2.75) is 290 Å². The largest absolute Gasteiger partial charge is 0.462 e. The second-order valence-electron chi connectivity index (χ2n) is 18.5. The van der Waals surface area contributed by atoms with Crippen LogP contribution in [0, 0.1) is 0 Å². The Morgan fingerprint density at radius 2 is 0.656 bits per heavy atom. The Labute approximate surface area is 397 Å². The van der Waals surface area contributed by atoms with Crippen LogP contribution in [0.15, 0.2) is 48.6 Å². The molecular formula is C58H104O6. The fourth-order valence-electron chi connectivity index (χ4n) is 7.94. The van der Waals surface area contributed by atoms with E-state index in [9.17, 15) is 14.4 Å². The number of allylic oxidation sites excluding steroid dienone is 8. The summed E-state index contributed by atoms with van der Waals surface area (Å²) < 4.78 is 16.8. The minimum atomic E-state index is -0.777. The first-order chi connectivity index (χ1) is 31.5. The number of rotatable bonds is 50. The molecule has 0 heterocycles. The quantitative estimate of drug-likeness (QED) is 0.0199. The zero-order chi connectivity index (χ0) is 46.5. The molecule has 0 fully saturated rings. The molecule has 0 bridgehead atoms. The number of ether oxygens (including phenoxy) is 3. The fraction of sp³-hybridized carbons (Fsp3) is 0.810. The Morgan fingerprint density at radius 3 is 1.06 bits per heavy atom. The zero-order valence-corrected chi connectivity index (χ0v) is 42.6. The second-order valence-corrected chi connectivity index (χ2v) is 18.5. The highest BCUT2D eigenvalue weighted by molar-refractivity contribution is 5.71. The predicted molar refractivity (Wildman–Crippen MR) is 275 cm³/mol. The van der Waals surface area contributed by atoms with Gasteiger partial charge in [0.05, 0.1) is 0 Å². The molecule has 0 aromatic rings. The highest BCUT2D eigenvalue weighted by Crippen LogP contribution is 2.16. The van der Waals surface area contributed by atoms with Crippen LogP contribution >= 0.6 is 0 Å². The summed E-state index contributed by atoms with van der Waals surface area (Å²) >= 11 is 0. The minimum absolute atomic E-state index is 0.0769. The molecule has 0 rings (SSSR count). The van der Waals surface area contributed by atoms with Crippen LogP contribution in [0.25, 0.3) is 0 Å². The van der Waals surface area contributed by atoms with Crippen LogP contribution in [0.1, 0.15) is 284 Å². The second kappa shape index (κ2) is 53.0. The van der Waals surface area contributed by atoms with Gasteiger partial charge in [0.15, 0.2) is 6.10 Å². The average molecular weight is 897 g/mol. The monoisotopic (exact) mass is 897 g/mol. The van der Waals surface area contributed by atoms with E-state index >= 15 is 0 Å². The fourth-order valence-corrected chi connectivity index (χ4v) is 7.94. The van der Waals surface area contributed by atoms with E-state index in [0.29, 0.717) is 19.3 Å². The molecule has 0 saturated heterocycles. The van der Waals surface area contributed by atoms with E-state index in [-0.39, 0.29) is 31.1 Å². The standard InChI is InChI=1S/C58H104O6/c1-4-7-10-13-16-19-22-25-27-28-29-30-32-33-36-39-42-45-48-51-57(60)63-54-55(53-62-56(59)50-47-44-41-38-35-24-21-18-15-12-9-6-3)64-58(61)52-49-46-43-40-37-34-31-26-23-20-17-14-11-8-5-2/h9,12,16,18-19,21-22,25,55H,4-8,10-11,13-15,17,20,23-24,26-54H2,1-3H3/b12-9-,19-16-,21-18-,25-22-. The molecule has 6 heteroatoms. The van der Waals surface area contributed by atoms with Crippen molar-refractivity contribution in [3.8, 4) is 0 Å². The van der Waals surface area contributed by atoms with Gasteiger partial charge in [-0.25, -0.2) is 0 Å². The Bertz CT molecular complexity index is 1120. The van der Waals surface area contributed by atoms with E-state index in [1.54, 1.807) is 0 Å². The van der Waals surface area contributed by atoms with Crippen LogP contribution in [0.4, 0.5) is 0 Å². The van der Waals surface area contributed by atoms with Crippen LogP contribution in [0.5, 0.6) is 0 Å². The molecule has 6 nitrogen and oxygen atoms in total. The highest BCUT2D eigenvalue weighted by Gasteiger charge is 2.19. The Morgan fingerprint density at radius 1 is 0.344 bits per heavy atom. The lowest BCUT2D eigenvalue weighted by Gasteiger charge is -2.18. The van der Waals surface area contributed by atoms with Gasteiger partial charge >= 0.3 is 17.9 Å². The molecule has 0 spiro atoms. The molecule has 1 unspecified atom stereocenters. The van der Waals surface area contributed by atoms with E-state index in [2.05, 4.69) is 69.4 Å². The molecule has 0 aliphatic heterocycles. The maximum absolute atomic E-state index is 12.8. The molecule has 0 radical (unpaired) electrons. The third-order valence-corrected chi connectivity index (χ3v) is 12.1. The van der Waals surface area contributed by atoms with Gasteiger partial charge in [0.25, 0.3) is 0 Å². The van der Waals surface area contributed by atoms with Crippen molar-refractivity contribution in [2.24, 2.45) is 0 Å². The van der Waals surface area contributed by atoms with Gasteiger partial charge in [0.1, 0.15) is 13.2 Å². The topological polar surface area (TPSA) is 78.9 Å². The number of carbonyl (C=O) groups excluding carboxylic acids is 3. The van der Waals surface area contributed by atoms with Crippen molar-refractivity contribution in [2.75, 3.05) is 13.2 Å². The first-order valence-corrected chi connectivity index (χ1v) is 27.7. The Kier molecular flexibility index (Phi) is 50.8. The summed E-state index contributed by atoms with van der Waals surface area (Å²) in [6, 6.07) is 0. The van der Waals surface area contributed by atoms with E-state index in [4.69, 9.17) is 14.2 Å². The van der Waals surface area contributed by atoms with Gasteiger partial charge in [0, 0.05) is 19.3 Å². The Balaban J connectivity index is 4.33. The highest BCUT2D eigenvalue weighted by atomic mass is 16.6. The molecule has 372 valence electrons. The van der Waals surface area contributed by atoms with Gasteiger partial charge in [-0.2, -0.15) is 0 Å². The Hall–Kier alpha value is -2.63. The third-order valence-electron chi connectivity index (χ3n) is 12.1. The molecule has 0 N–H and O–H groups in total. The summed E-state index contributed by atoms with van der Waals surface area (Å²) in [5, 5.41) is 0. The van der Waals surface area contributed by atoms with Crippen molar-refractivity contribution < 1.29 is 28.6 Å². The average Bonchev–Trinajstić information content (AvgIpc) is 3.29. The van der Waals surface area contributed by atoms with Crippen LogP contribution in [0.3, 0.4) is 0 Å². The molecule has 0 aromatic carbocycles. The lowest BCUT2D eigenvalue weighted by Crippen LogP contribution is -2.30. The van der Waals surface area contributed by atoms with Crippen LogP contribution < -0.4 is 0 Å². The van der Waals surface area contributed by atoms with Gasteiger partial charge in [-0.3, -0.25) is 14.4 Å². The van der Waals surface area contributed by atoms with Gasteiger partial charge in [-0.05, 0) is 70.6 Å². The maximum Gasteiger partial charge on any atom is 0.306 e. The van der Waals surface area contributed by atoms with Crippen molar-refractivity contribution in [3.63, 3.8) is 0 Å². The number of hydrogen-bond acceptors (Lipinski definition) is 6. The van der Waals surface area contributed by atoms with Crippen LogP contribution in [0.2, 0.25) is 0 Å². The molecule has 0 aliphatic rings. The summed E-state index contributed by atoms with van der Waals surface area (Å²) in [6.07, 6.45) is 63.8. The van der Waals surface area contributed by atoms with E-state index in [0.717, 1.165) is 83.5 Å². The summed E-state index contributed by atoms with van der Waals surface area (Å²) in [5.74, 6) is -0.883. The third kappa shape index (κ3) is 50.4. The zero-order valence-electron chi connectivity index (χ0n) is 42.6. The van der Waals surface area contributed by atoms with Crippen LogP contribution in [-0.4, -0.2) is 37.2 Å². The smallest absolute Gasteiger partial charge is 0.306 e. The van der Waals surface area contributed by atoms with Crippen molar-refractivity contribution >= 4 is 17.9 Å². The normalized spacial score (nSPS) is 12.4. The lowest BCUT2D eigenvalue weighted by molar-refractivity contribution is -0.167. The minimum Gasteiger partial charge on any atom is -0.462 e. The maximum atomic E-state index is 12.8. The first kappa shape index (κ1) is 61.4. The summed E-state index contributed by atoms with van der Waals surface area (Å²) in [4.78, 5) is 38.0. The summed E-state index contributed by atoms with van der Waals surface area (Å²) in [6.45, 7) is 6.51. The van der Waals surface area contributed by atoms with Crippen molar-refractivity contribution in [1.82, 2.24) is 0 Å². The number of carbonyl (C=O) groups is 3. The van der Waals surface area contributed by atoms with E-state index < -0.39 is 6.10 Å². The number of hydrogen-bond donors (Lipinski definition) is 0. The molecule has 0 saturated carbocycles. The van der Waals surface area contributed by atoms with Crippen molar-refractivity contribution in [3.05, 3.63) is 48.6 Å². The molecular weight excluding hydrogens is 793 g/mol. The lowest BCUT2D eigenvalue weighted by atomic mass is 10.0. The molecule has 0 aromatic heterocycles. The van der Waals surface area contributed by atoms with E-state index in [1.165, 1.54) is 161 Å². The van der Waals surface area contributed by atoms with Gasteiger partial charge in [-0.15, -0.1) is 0 Å². The SMILES string of the molecule is CC/C=C\C/C=C\CCCCCCCC(=O)OCC(COC(=O)CCCCCCCCCCCC/C=C\C=C/CCCCC)OC(=O)CCCCCCCCCCCCCCCCC. The van der Waals surface area contributed by atoms with Gasteiger partial charge in [-0.1, -0.05) is 243 Å². The predicted octanol–water partition coefficient (Wildman–Crippen LogP) is 18.3. The van der Waals surface area contributed by atoms with Gasteiger partial charge < -0.3 is 14.2 Å². The summed E-state index contributed by atoms with van der Waals surface area (Å²) in [5.41, 5.74) is 0. The number of unbranched alkanes of at least 4 members (excludes halogenated alkanes) is 32. The van der Waals surface area contributed by atoms with Gasteiger partial charge in [0.2, 0.25) is 0 Å². The first-order valence-electron chi connectivity index (χ1n) is 27.7. The molecule has 0 amide bonds. The molecule has 1 atom stereocenters. The van der Waals surface area contributed by atoms with Crippen LogP contribution in [-0.2, 0) is 28.6 Å². The van der Waals surface area contributed by atoms with Crippen molar-refractivity contribution in [1.29, 1.82) is 0 Å². The number of esters is 3. The van der Waals surface area contributed by atoms with E-state index in [1.807, 2.05) is 0 Å². The molecule has 64 heavy (non-hydrogen) atoms. The summed E-state index contributed by atoms with van der Waals surface area (Å²) in [7, 11) is 0. The molecule has 0 aliphatic carbocycles.